The number of carbonyl (C=O) groups excluding carboxylic acids is 2. The van der Waals surface area contributed by atoms with Crippen LogP contribution in [0.4, 0.5) is 0 Å². The molecule has 2 N–H and O–H groups in total. The minimum Gasteiger partial charge on any atom is -0.479 e. The van der Waals surface area contributed by atoms with Crippen molar-refractivity contribution in [2.24, 2.45) is 0 Å². The highest BCUT2D eigenvalue weighted by molar-refractivity contribution is 8.01. The van der Waals surface area contributed by atoms with E-state index in [9.17, 15) is 19.5 Å². The third-order valence-electron chi connectivity index (χ3n) is 4.54. The molecule has 3 rings (SSSR count). The second-order valence-electron chi connectivity index (χ2n) is 5.94. The summed E-state index contributed by atoms with van der Waals surface area (Å²) < 4.78 is 0. The van der Waals surface area contributed by atoms with Gasteiger partial charge >= 0.3 is 5.97 Å². The fourth-order valence-corrected chi connectivity index (χ4v) is 5.98. The second-order valence-corrected chi connectivity index (χ2v) is 8.55. The molecule has 0 aliphatic carbocycles. The van der Waals surface area contributed by atoms with Gasteiger partial charge in [0.05, 0.1) is 4.87 Å². The summed E-state index contributed by atoms with van der Waals surface area (Å²) >= 11 is 3.14. The van der Waals surface area contributed by atoms with Crippen LogP contribution in [0.5, 0.6) is 0 Å². The van der Waals surface area contributed by atoms with Crippen molar-refractivity contribution in [3.05, 3.63) is 0 Å². The van der Waals surface area contributed by atoms with Crippen molar-refractivity contribution >= 4 is 41.3 Å². The van der Waals surface area contributed by atoms with Crippen molar-refractivity contribution in [1.29, 1.82) is 0 Å². The van der Waals surface area contributed by atoms with Gasteiger partial charge in [-0.2, -0.15) is 11.8 Å². The zero-order valence-corrected chi connectivity index (χ0v) is 13.4. The normalized spacial score (nSPS) is 38.6. The molecular formula is C13H18N2O4S2. The molecule has 0 aromatic heterocycles. The Hall–Kier alpha value is -0.890. The molecule has 6 nitrogen and oxygen atoms in total. The Balaban J connectivity index is 1.77. The number of fused-ring (bicyclic) bond motifs is 1. The predicted octanol–water partition coefficient (Wildman–Crippen LogP) is 0.517. The molecule has 2 amide bonds. The molecule has 3 aliphatic rings. The van der Waals surface area contributed by atoms with Gasteiger partial charge in [-0.15, -0.1) is 11.8 Å². The van der Waals surface area contributed by atoms with Crippen molar-refractivity contribution in [3.8, 4) is 0 Å². The first-order chi connectivity index (χ1) is 9.88. The average Bonchev–Trinajstić information content (AvgIpc) is 3.07. The van der Waals surface area contributed by atoms with Gasteiger partial charge in [-0.3, -0.25) is 9.59 Å². The Morgan fingerprint density at radius 2 is 2.19 bits per heavy atom. The lowest BCUT2D eigenvalue weighted by Crippen LogP contribution is -2.60. The number of carbonyl (C=O) groups is 3. The lowest BCUT2D eigenvalue weighted by atomic mass is 9.98. The summed E-state index contributed by atoms with van der Waals surface area (Å²) in [4.78, 5) is 37.5. The summed E-state index contributed by atoms with van der Waals surface area (Å²) in [7, 11) is 0. The summed E-state index contributed by atoms with van der Waals surface area (Å²) in [6.45, 7) is 1.98. The zero-order valence-electron chi connectivity index (χ0n) is 11.8. The maximum absolute atomic E-state index is 12.6. The van der Waals surface area contributed by atoms with Crippen LogP contribution in [-0.2, 0) is 14.4 Å². The van der Waals surface area contributed by atoms with Gasteiger partial charge < -0.3 is 15.3 Å². The number of carboxylic acid groups (broad SMARTS) is 1. The molecule has 3 fully saturated rings. The number of hydrogen-bond donors (Lipinski definition) is 2. The van der Waals surface area contributed by atoms with Crippen molar-refractivity contribution in [3.63, 3.8) is 0 Å². The topological polar surface area (TPSA) is 86.7 Å². The molecule has 3 unspecified atom stereocenters. The van der Waals surface area contributed by atoms with Crippen LogP contribution >= 0.6 is 23.5 Å². The van der Waals surface area contributed by atoms with Gasteiger partial charge in [0.1, 0.15) is 11.6 Å². The van der Waals surface area contributed by atoms with E-state index in [0.717, 1.165) is 12.2 Å². The first-order valence-corrected chi connectivity index (χ1v) is 9.11. The van der Waals surface area contributed by atoms with Crippen molar-refractivity contribution < 1.29 is 19.5 Å². The summed E-state index contributed by atoms with van der Waals surface area (Å²) in [5.74, 6) is 0.337. The first kappa shape index (κ1) is 15.0. The van der Waals surface area contributed by atoms with E-state index < -0.39 is 17.6 Å². The number of nitrogens with one attached hydrogen (secondary N) is 1. The number of amides is 2. The lowest BCUT2D eigenvalue weighted by molar-refractivity contribution is -0.148. The minimum atomic E-state index is -1.17. The highest BCUT2D eigenvalue weighted by Crippen LogP contribution is 2.47. The Morgan fingerprint density at radius 3 is 2.81 bits per heavy atom. The molecule has 0 radical (unpaired) electrons. The molecule has 0 aromatic carbocycles. The van der Waals surface area contributed by atoms with Crippen LogP contribution < -0.4 is 5.32 Å². The highest BCUT2D eigenvalue weighted by atomic mass is 32.2. The van der Waals surface area contributed by atoms with E-state index in [0.29, 0.717) is 24.3 Å². The maximum atomic E-state index is 12.6. The number of carboxylic acids is 1. The Bertz CT molecular complexity index is 506. The van der Waals surface area contributed by atoms with Gasteiger partial charge in [0.25, 0.3) is 0 Å². The van der Waals surface area contributed by atoms with Gasteiger partial charge in [-0.25, -0.2) is 4.79 Å². The molecule has 0 bridgehead atoms. The van der Waals surface area contributed by atoms with Gasteiger partial charge in [-0.1, -0.05) is 0 Å². The van der Waals surface area contributed by atoms with Crippen LogP contribution in [0.1, 0.15) is 26.2 Å². The summed E-state index contributed by atoms with van der Waals surface area (Å²) in [5.41, 5.74) is -1.17. The van der Waals surface area contributed by atoms with Crippen LogP contribution in [0, 0.1) is 0 Å². The van der Waals surface area contributed by atoms with Gasteiger partial charge in [0.2, 0.25) is 11.8 Å². The number of aliphatic carboxylic acids is 1. The number of nitrogens with zero attached hydrogens (tertiary/aromatic N) is 1. The Labute approximate surface area is 131 Å². The molecule has 3 heterocycles. The Morgan fingerprint density at radius 1 is 1.43 bits per heavy atom. The molecule has 3 atom stereocenters. The SMILES string of the molecule is CC12CCC(=O)N1C(C(=O)NC1(C(=O)O)CCSC1)CS2. The van der Waals surface area contributed by atoms with Crippen LogP contribution in [0.15, 0.2) is 0 Å². The fraction of sp³-hybridized carbons (Fsp3) is 0.769. The van der Waals surface area contributed by atoms with Crippen molar-refractivity contribution in [2.75, 3.05) is 17.3 Å². The summed E-state index contributed by atoms with van der Waals surface area (Å²) in [5, 5.41) is 12.1. The largest absolute Gasteiger partial charge is 0.479 e. The highest BCUT2D eigenvalue weighted by Gasteiger charge is 2.54. The van der Waals surface area contributed by atoms with Crippen LogP contribution in [0.2, 0.25) is 0 Å². The minimum absolute atomic E-state index is 0.00665. The summed E-state index contributed by atoms with van der Waals surface area (Å²) in [6, 6.07) is -0.545. The molecule has 116 valence electrons. The number of rotatable bonds is 3. The Kier molecular flexibility index (Phi) is 3.64. The maximum Gasteiger partial charge on any atom is 0.330 e. The number of thioether (sulfide) groups is 2. The predicted molar refractivity (Wildman–Crippen MR) is 81.2 cm³/mol. The van der Waals surface area contributed by atoms with E-state index in [4.69, 9.17) is 0 Å². The molecule has 21 heavy (non-hydrogen) atoms. The third kappa shape index (κ3) is 2.32. The lowest BCUT2D eigenvalue weighted by Gasteiger charge is -2.32. The fourth-order valence-electron chi connectivity index (χ4n) is 3.22. The molecule has 3 aliphatic heterocycles. The van der Waals surface area contributed by atoms with Crippen molar-refractivity contribution in [1.82, 2.24) is 10.2 Å². The van der Waals surface area contributed by atoms with E-state index in [-0.39, 0.29) is 16.7 Å². The molecule has 8 heteroatoms. The average molecular weight is 330 g/mol. The molecular weight excluding hydrogens is 312 g/mol. The zero-order chi connectivity index (χ0) is 15.3. The quantitative estimate of drug-likeness (QED) is 0.784. The first-order valence-electron chi connectivity index (χ1n) is 6.97. The molecule has 3 saturated heterocycles. The van der Waals surface area contributed by atoms with E-state index in [1.807, 2.05) is 6.92 Å². The van der Waals surface area contributed by atoms with Gasteiger partial charge in [0.15, 0.2) is 0 Å². The van der Waals surface area contributed by atoms with Crippen molar-refractivity contribution in [2.45, 2.75) is 42.6 Å². The van der Waals surface area contributed by atoms with E-state index in [2.05, 4.69) is 5.32 Å². The number of hydrogen-bond acceptors (Lipinski definition) is 5. The van der Waals surface area contributed by atoms with Gasteiger partial charge in [0, 0.05) is 17.9 Å². The van der Waals surface area contributed by atoms with E-state index >= 15 is 0 Å². The third-order valence-corrected chi connectivity index (χ3v) is 7.24. The standard InChI is InChI=1S/C13H18N2O4S2/c1-12-3-2-9(16)15(12)8(6-21-12)10(17)14-13(11(18)19)4-5-20-7-13/h8H,2-7H2,1H3,(H,14,17)(H,18,19). The smallest absolute Gasteiger partial charge is 0.330 e. The van der Waals surface area contributed by atoms with Crippen LogP contribution in [0.3, 0.4) is 0 Å². The van der Waals surface area contributed by atoms with E-state index in [1.54, 1.807) is 16.7 Å². The summed E-state index contributed by atoms with van der Waals surface area (Å²) in [6.07, 6.45) is 1.65. The van der Waals surface area contributed by atoms with E-state index in [1.165, 1.54) is 11.8 Å². The monoisotopic (exact) mass is 330 g/mol. The van der Waals surface area contributed by atoms with Crippen LogP contribution in [0.25, 0.3) is 0 Å². The van der Waals surface area contributed by atoms with Crippen LogP contribution in [-0.4, -0.2) is 61.5 Å². The molecule has 0 saturated carbocycles. The molecule has 0 spiro atoms. The second kappa shape index (κ2) is 5.08. The molecule has 0 aromatic rings. The van der Waals surface area contributed by atoms with Gasteiger partial charge in [-0.05, 0) is 25.5 Å².